The summed E-state index contributed by atoms with van der Waals surface area (Å²) >= 11 is 0. The molecule has 1 aromatic carbocycles. The number of pyridine rings is 1. The number of benzene rings is 1. The average Bonchev–Trinajstić information content (AvgIpc) is 2.85. The van der Waals surface area contributed by atoms with Crippen LogP contribution in [0.25, 0.3) is 10.8 Å². The van der Waals surface area contributed by atoms with Crippen LogP contribution in [0.15, 0.2) is 24.4 Å². The maximum atomic E-state index is 11.1. The first-order valence-corrected chi connectivity index (χ1v) is 12.8. The molecule has 0 N–H and O–H groups in total. The molecule has 34 heavy (non-hydrogen) atoms. The van der Waals surface area contributed by atoms with Gasteiger partial charge < -0.3 is 19.1 Å². The lowest BCUT2D eigenvalue weighted by atomic mass is 9.98. The van der Waals surface area contributed by atoms with Crippen LogP contribution in [0.2, 0.25) is 0 Å². The van der Waals surface area contributed by atoms with Crippen LogP contribution in [0, 0.1) is 0 Å². The van der Waals surface area contributed by atoms with Crippen LogP contribution in [0.1, 0.15) is 55.8 Å². The third kappa shape index (κ3) is 7.22. The second kappa shape index (κ2) is 12.6. The van der Waals surface area contributed by atoms with Crippen molar-refractivity contribution in [2.45, 2.75) is 64.9 Å². The average molecular weight is 470 g/mol. The summed E-state index contributed by atoms with van der Waals surface area (Å²) in [5.41, 5.74) is 3.56. The molecule has 2 fully saturated rings. The number of likely N-dealkylation sites (N-methyl/N-ethyl adjacent to an activating group) is 1. The van der Waals surface area contributed by atoms with Crippen LogP contribution >= 0.6 is 0 Å². The highest BCUT2D eigenvalue weighted by atomic mass is 16.7. The molecule has 2 aliphatic rings. The zero-order valence-corrected chi connectivity index (χ0v) is 20.8. The molecule has 2 aromatic rings. The van der Waals surface area contributed by atoms with E-state index >= 15 is 0 Å². The summed E-state index contributed by atoms with van der Waals surface area (Å²) in [5, 5.41) is 2.42. The largest absolute Gasteiger partial charge is 0.466 e. The normalized spacial score (nSPS) is 20.0. The number of aryl methyl sites for hydroxylation is 1. The van der Waals surface area contributed by atoms with Gasteiger partial charge in [-0.25, -0.2) is 0 Å². The molecule has 0 saturated carbocycles. The molecule has 1 atom stereocenters. The van der Waals surface area contributed by atoms with E-state index in [1.165, 1.54) is 28.8 Å². The molecule has 3 heterocycles. The lowest BCUT2D eigenvalue weighted by Gasteiger charge is -2.32. The van der Waals surface area contributed by atoms with Gasteiger partial charge in [0.15, 0.2) is 6.29 Å². The smallest absolute Gasteiger partial charge is 0.302 e. The van der Waals surface area contributed by atoms with Gasteiger partial charge in [-0.2, -0.15) is 0 Å². The van der Waals surface area contributed by atoms with Crippen molar-refractivity contribution < 1.29 is 19.0 Å². The molecule has 2 saturated heterocycles. The molecule has 1 aromatic heterocycles. The highest BCUT2D eigenvalue weighted by Gasteiger charge is 2.18. The third-order valence-electron chi connectivity index (χ3n) is 6.82. The van der Waals surface area contributed by atoms with Gasteiger partial charge in [-0.15, -0.1) is 0 Å². The van der Waals surface area contributed by atoms with E-state index in [0.29, 0.717) is 13.2 Å². The van der Waals surface area contributed by atoms with Crippen molar-refractivity contribution >= 4 is 16.7 Å². The molecule has 0 bridgehead atoms. The summed E-state index contributed by atoms with van der Waals surface area (Å²) in [6, 6.07) is 6.81. The Morgan fingerprint density at radius 2 is 2.03 bits per heavy atom. The van der Waals surface area contributed by atoms with E-state index in [1.807, 2.05) is 6.20 Å². The molecule has 0 radical (unpaired) electrons. The second-order valence-corrected chi connectivity index (χ2v) is 9.59. The van der Waals surface area contributed by atoms with E-state index in [2.05, 4.69) is 35.0 Å². The number of carbonyl (C=O) groups excluding carboxylic acids is 1. The predicted molar refractivity (Wildman–Crippen MR) is 132 cm³/mol. The second-order valence-electron chi connectivity index (χ2n) is 9.59. The van der Waals surface area contributed by atoms with E-state index in [1.54, 1.807) is 0 Å². The molecule has 7 nitrogen and oxygen atoms in total. The highest BCUT2D eigenvalue weighted by molar-refractivity contribution is 5.86. The summed E-state index contributed by atoms with van der Waals surface area (Å²) in [7, 11) is 2.19. The number of carbonyl (C=O) groups is 1. The number of piperazine rings is 1. The SMILES string of the molecule is CC(=O)OCCCCc1c(COC2CCCCO2)ncc2cc(CN3CCN(C)CC3)ccc12. The van der Waals surface area contributed by atoms with Gasteiger partial charge in [-0.1, -0.05) is 12.1 Å². The van der Waals surface area contributed by atoms with Crippen molar-refractivity contribution in [2.75, 3.05) is 46.4 Å². The first-order chi connectivity index (χ1) is 16.6. The van der Waals surface area contributed by atoms with Crippen molar-refractivity contribution in [3.05, 3.63) is 41.2 Å². The molecular weight excluding hydrogens is 430 g/mol. The number of aromatic nitrogens is 1. The first kappa shape index (κ1) is 25.0. The quantitative estimate of drug-likeness (QED) is 0.386. The summed E-state index contributed by atoms with van der Waals surface area (Å²) in [4.78, 5) is 20.8. The Kier molecular flexibility index (Phi) is 9.27. The third-order valence-corrected chi connectivity index (χ3v) is 6.82. The van der Waals surface area contributed by atoms with E-state index in [4.69, 9.17) is 19.2 Å². The fourth-order valence-electron chi connectivity index (χ4n) is 4.77. The molecule has 4 rings (SSSR count). The summed E-state index contributed by atoms with van der Waals surface area (Å²) in [5.74, 6) is -0.221. The van der Waals surface area contributed by atoms with E-state index in [-0.39, 0.29) is 12.3 Å². The molecule has 0 amide bonds. The van der Waals surface area contributed by atoms with Gasteiger partial charge in [-0.05, 0) is 68.2 Å². The minimum atomic E-state index is -0.221. The molecule has 0 aliphatic carbocycles. The molecule has 7 heteroatoms. The number of rotatable bonds is 10. The van der Waals surface area contributed by atoms with Crippen molar-refractivity contribution in [1.82, 2.24) is 14.8 Å². The maximum absolute atomic E-state index is 11.1. The molecule has 1 unspecified atom stereocenters. The Bertz CT molecular complexity index is 937. The fraction of sp³-hybridized carbons (Fsp3) is 0.630. The number of hydrogen-bond acceptors (Lipinski definition) is 7. The number of fused-ring (bicyclic) bond motifs is 1. The zero-order chi connectivity index (χ0) is 23.8. The number of hydrogen-bond donors (Lipinski definition) is 0. The van der Waals surface area contributed by atoms with Gasteiger partial charge in [0.25, 0.3) is 0 Å². The lowest BCUT2D eigenvalue weighted by molar-refractivity contribution is -0.169. The summed E-state index contributed by atoms with van der Waals surface area (Å²) in [6.45, 7) is 8.60. The van der Waals surface area contributed by atoms with Crippen molar-refractivity contribution in [3.63, 3.8) is 0 Å². The minimum Gasteiger partial charge on any atom is -0.466 e. The highest BCUT2D eigenvalue weighted by Crippen LogP contribution is 2.26. The van der Waals surface area contributed by atoms with Gasteiger partial charge in [-0.3, -0.25) is 14.7 Å². The molecule has 186 valence electrons. The fourth-order valence-corrected chi connectivity index (χ4v) is 4.77. The molecule has 0 spiro atoms. The molecular formula is C27H39N3O4. The van der Waals surface area contributed by atoms with Crippen LogP contribution < -0.4 is 0 Å². The maximum Gasteiger partial charge on any atom is 0.302 e. The summed E-state index contributed by atoms with van der Waals surface area (Å²) in [6.07, 6.45) is 7.72. The van der Waals surface area contributed by atoms with Gasteiger partial charge in [0, 0.05) is 57.8 Å². The van der Waals surface area contributed by atoms with Crippen LogP contribution in [-0.4, -0.2) is 73.5 Å². The van der Waals surface area contributed by atoms with Crippen molar-refractivity contribution in [1.29, 1.82) is 0 Å². The first-order valence-electron chi connectivity index (χ1n) is 12.8. The topological polar surface area (TPSA) is 64.1 Å². The van der Waals surface area contributed by atoms with Crippen molar-refractivity contribution in [2.24, 2.45) is 0 Å². The Balaban J connectivity index is 1.47. The van der Waals surface area contributed by atoms with Crippen molar-refractivity contribution in [3.8, 4) is 0 Å². The predicted octanol–water partition coefficient (Wildman–Crippen LogP) is 3.91. The Morgan fingerprint density at radius 1 is 1.18 bits per heavy atom. The van der Waals surface area contributed by atoms with E-state index in [9.17, 15) is 4.79 Å². The number of nitrogens with zero attached hydrogens (tertiary/aromatic N) is 3. The van der Waals surface area contributed by atoms with E-state index < -0.39 is 0 Å². The Hall–Kier alpha value is -2.06. The summed E-state index contributed by atoms with van der Waals surface area (Å²) < 4.78 is 17.0. The van der Waals surface area contributed by atoms with Gasteiger partial charge in [0.1, 0.15) is 0 Å². The Labute approximate surface area is 203 Å². The molecule has 2 aliphatic heterocycles. The van der Waals surface area contributed by atoms with Gasteiger partial charge in [0.05, 0.1) is 18.9 Å². The van der Waals surface area contributed by atoms with Crippen LogP contribution in [-0.2, 0) is 38.6 Å². The Morgan fingerprint density at radius 3 is 2.79 bits per heavy atom. The van der Waals surface area contributed by atoms with Crippen LogP contribution in [0.3, 0.4) is 0 Å². The number of esters is 1. The van der Waals surface area contributed by atoms with Crippen LogP contribution in [0.5, 0.6) is 0 Å². The standard InChI is InChI=1S/C27H39N3O4/c1-21(31)32-15-5-3-7-25-24-10-9-22(19-30-13-11-29(2)12-14-30)17-23(24)18-28-26(25)20-34-27-8-4-6-16-33-27/h9-10,17-18,27H,3-8,11-16,19-20H2,1-2H3. The number of unbranched alkanes of at least 4 members (excludes halogenated alkanes) is 1. The monoisotopic (exact) mass is 469 g/mol. The minimum absolute atomic E-state index is 0.131. The zero-order valence-electron chi connectivity index (χ0n) is 20.8. The van der Waals surface area contributed by atoms with Gasteiger partial charge in [0.2, 0.25) is 0 Å². The van der Waals surface area contributed by atoms with Gasteiger partial charge >= 0.3 is 5.97 Å². The number of ether oxygens (including phenoxy) is 3. The van der Waals surface area contributed by atoms with Crippen LogP contribution in [0.4, 0.5) is 0 Å². The lowest BCUT2D eigenvalue weighted by Crippen LogP contribution is -2.43. The van der Waals surface area contributed by atoms with E-state index in [0.717, 1.165) is 83.5 Å².